The third-order valence-electron chi connectivity index (χ3n) is 3.15. The molecule has 1 aliphatic rings. The van der Waals surface area contributed by atoms with E-state index in [1.54, 1.807) is 6.92 Å². The van der Waals surface area contributed by atoms with E-state index in [1.807, 2.05) is 0 Å². The Kier molecular flexibility index (Phi) is 5.19. The molecule has 0 fully saturated rings. The maximum Gasteiger partial charge on any atom is 0.216 e. The van der Waals surface area contributed by atoms with Crippen LogP contribution in [0.15, 0.2) is 11.6 Å². The minimum atomic E-state index is 0.0551. The summed E-state index contributed by atoms with van der Waals surface area (Å²) in [5.74, 6) is 0.0551. The van der Waals surface area contributed by atoms with E-state index < -0.39 is 0 Å². The van der Waals surface area contributed by atoms with Crippen LogP contribution in [0.2, 0.25) is 0 Å². The highest BCUT2D eigenvalue weighted by Crippen LogP contribution is 2.34. The van der Waals surface area contributed by atoms with Crippen LogP contribution in [0, 0.1) is 5.41 Å². The van der Waals surface area contributed by atoms with Crippen LogP contribution in [0.5, 0.6) is 0 Å². The molecular weight excluding hydrogens is 212 g/mol. The van der Waals surface area contributed by atoms with Gasteiger partial charge in [0.25, 0.3) is 0 Å². The summed E-state index contributed by atoms with van der Waals surface area (Å²) < 4.78 is 0. The zero-order valence-corrected chi connectivity index (χ0v) is 11.6. The Morgan fingerprint density at radius 2 is 2.18 bits per heavy atom. The minimum absolute atomic E-state index is 0.0551. The fraction of sp³-hybridized carbons (Fsp3) is 0.786. The van der Waals surface area contributed by atoms with Gasteiger partial charge in [0, 0.05) is 19.5 Å². The molecule has 3 nitrogen and oxygen atoms in total. The number of rotatable bonds is 5. The molecular formula is C14H26N2O. The monoisotopic (exact) mass is 238 g/mol. The fourth-order valence-electron chi connectivity index (χ4n) is 2.65. The lowest BCUT2D eigenvalue weighted by molar-refractivity contribution is -0.118. The quantitative estimate of drug-likeness (QED) is 0.569. The number of carbonyl (C=O) groups is 1. The second-order valence-corrected chi connectivity index (χ2v) is 5.96. The number of allylic oxidation sites excluding steroid dienone is 1. The Bertz CT molecular complexity index is 295. The van der Waals surface area contributed by atoms with Crippen LogP contribution in [0.4, 0.5) is 0 Å². The molecule has 0 radical (unpaired) electrons. The van der Waals surface area contributed by atoms with Crippen molar-refractivity contribution < 1.29 is 4.79 Å². The van der Waals surface area contributed by atoms with Gasteiger partial charge in [0.1, 0.15) is 0 Å². The molecule has 1 atom stereocenters. The van der Waals surface area contributed by atoms with E-state index in [4.69, 9.17) is 0 Å². The number of nitrogens with one attached hydrogen (secondary N) is 2. The number of carbonyl (C=O) groups excluding carboxylic acids is 1. The molecule has 0 heterocycles. The lowest BCUT2D eigenvalue weighted by Crippen LogP contribution is -2.37. The van der Waals surface area contributed by atoms with Gasteiger partial charge in [0.15, 0.2) is 0 Å². The summed E-state index contributed by atoms with van der Waals surface area (Å²) in [6.07, 6.45) is 5.74. The van der Waals surface area contributed by atoms with Gasteiger partial charge in [-0.25, -0.2) is 0 Å². The smallest absolute Gasteiger partial charge is 0.216 e. The highest BCUT2D eigenvalue weighted by Gasteiger charge is 2.26. The number of amides is 1. The van der Waals surface area contributed by atoms with E-state index in [9.17, 15) is 4.79 Å². The molecule has 2 N–H and O–H groups in total. The molecule has 1 unspecified atom stereocenters. The first kappa shape index (κ1) is 14.2. The average molecular weight is 238 g/mol. The van der Waals surface area contributed by atoms with E-state index in [0.29, 0.717) is 11.5 Å². The SMILES string of the molecule is CC(=O)NCCCNC1C=C(C)CC(C)(C)C1. The second-order valence-electron chi connectivity index (χ2n) is 5.96. The van der Waals surface area contributed by atoms with Gasteiger partial charge < -0.3 is 10.6 Å². The summed E-state index contributed by atoms with van der Waals surface area (Å²) in [7, 11) is 0. The standard InChI is InChI=1S/C14H26N2O/c1-11-8-13(10-14(3,4)9-11)16-7-5-6-15-12(2)17/h8,13,16H,5-7,9-10H2,1-4H3,(H,15,17). The van der Waals surface area contributed by atoms with Crippen LogP contribution in [0.25, 0.3) is 0 Å². The van der Waals surface area contributed by atoms with Gasteiger partial charge in [0.2, 0.25) is 5.91 Å². The van der Waals surface area contributed by atoms with Crippen molar-refractivity contribution in [2.45, 2.75) is 53.0 Å². The zero-order valence-electron chi connectivity index (χ0n) is 11.6. The van der Waals surface area contributed by atoms with E-state index in [1.165, 1.54) is 18.4 Å². The maximum absolute atomic E-state index is 10.7. The lowest BCUT2D eigenvalue weighted by atomic mass is 9.76. The van der Waals surface area contributed by atoms with Gasteiger partial charge in [-0.15, -0.1) is 0 Å². The third kappa shape index (κ3) is 5.87. The molecule has 98 valence electrons. The van der Waals surface area contributed by atoms with Gasteiger partial charge in [-0.3, -0.25) is 4.79 Å². The predicted molar refractivity (Wildman–Crippen MR) is 71.9 cm³/mol. The van der Waals surface area contributed by atoms with Crippen molar-refractivity contribution in [3.05, 3.63) is 11.6 Å². The first-order valence-corrected chi connectivity index (χ1v) is 6.54. The molecule has 0 aliphatic heterocycles. The summed E-state index contributed by atoms with van der Waals surface area (Å²) in [6.45, 7) is 10.2. The summed E-state index contributed by atoms with van der Waals surface area (Å²) in [5, 5.41) is 6.37. The fourth-order valence-corrected chi connectivity index (χ4v) is 2.65. The van der Waals surface area contributed by atoms with Crippen LogP contribution in [-0.2, 0) is 4.79 Å². The van der Waals surface area contributed by atoms with E-state index in [0.717, 1.165) is 19.5 Å². The van der Waals surface area contributed by atoms with E-state index >= 15 is 0 Å². The van der Waals surface area contributed by atoms with Gasteiger partial charge in [-0.05, 0) is 38.1 Å². The van der Waals surface area contributed by atoms with Crippen molar-refractivity contribution in [3.63, 3.8) is 0 Å². The third-order valence-corrected chi connectivity index (χ3v) is 3.15. The Hall–Kier alpha value is -0.830. The molecule has 17 heavy (non-hydrogen) atoms. The predicted octanol–water partition coefficient (Wildman–Crippen LogP) is 2.24. The van der Waals surface area contributed by atoms with Crippen LogP contribution in [-0.4, -0.2) is 25.0 Å². The topological polar surface area (TPSA) is 41.1 Å². The minimum Gasteiger partial charge on any atom is -0.356 e. The molecule has 1 rings (SSSR count). The Labute approximate surface area is 105 Å². The van der Waals surface area contributed by atoms with Crippen molar-refractivity contribution in [2.24, 2.45) is 5.41 Å². The first-order chi connectivity index (χ1) is 7.89. The molecule has 0 aromatic heterocycles. The zero-order chi connectivity index (χ0) is 12.9. The Morgan fingerprint density at radius 3 is 2.76 bits per heavy atom. The maximum atomic E-state index is 10.7. The Morgan fingerprint density at radius 1 is 1.47 bits per heavy atom. The molecule has 0 spiro atoms. The summed E-state index contributed by atoms with van der Waals surface area (Å²) in [6, 6.07) is 0.496. The van der Waals surface area contributed by atoms with Crippen molar-refractivity contribution in [3.8, 4) is 0 Å². The first-order valence-electron chi connectivity index (χ1n) is 6.54. The van der Waals surface area contributed by atoms with Gasteiger partial charge in [0.05, 0.1) is 0 Å². The molecule has 3 heteroatoms. The van der Waals surface area contributed by atoms with E-state index in [-0.39, 0.29) is 5.91 Å². The number of hydrogen-bond donors (Lipinski definition) is 2. The van der Waals surface area contributed by atoms with Gasteiger partial charge in [-0.2, -0.15) is 0 Å². The van der Waals surface area contributed by atoms with Crippen molar-refractivity contribution >= 4 is 5.91 Å². The summed E-state index contributed by atoms with van der Waals surface area (Å²) in [5.41, 5.74) is 1.90. The van der Waals surface area contributed by atoms with Crippen molar-refractivity contribution in [1.29, 1.82) is 0 Å². The van der Waals surface area contributed by atoms with Crippen LogP contribution in [0.3, 0.4) is 0 Å². The molecule has 1 aliphatic carbocycles. The normalized spacial score (nSPS) is 23.1. The highest BCUT2D eigenvalue weighted by molar-refractivity contribution is 5.72. The summed E-state index contributed by atoms with van der Waals surface area (Å²) >= 11 is 0. The molecule has 0 saturated heterocycles. The second kappa shape index (κ2) is 6.20. The van der Waals surface area contributed by atoms with Crippen LogP contribution >= 0.6 is 0 Å². The van der Waals surface area contributed by atoms with Gasteiger partial charge >= 0.3 is 0 Å². The summed E-state index contributed by atoms with van der Waals surface area (Å²) in [4.78, 5) is 10.7. The number of hydrogen-bond acceptors (Lipinski definition) is 2. The molecule has 0 aromatic rings. The largest absolute Gasteiger partial charge is 0.356 e. The van der Waals surface area contributed by atoms with E-state index in [2.05, 4.69) is 37.5 Å². The van der Waals surface area contributed by atoms with Crippen molar-refractivity contribution in [2.75, 3.05) is 13.1 Å². The molecule has 1 amide bonds. The van der Waals surface area contributed by atoms with Crippen molar-refractivity contribution in [1.82, 2.24) is 10.6 Å². The van der Waals surface area contributed by atoms with Crippen LogP contribution in [0.1, 0.15) is 47.0 Å². The molecule has 0 saturated carbocycles. The Balaban J connectivity index is 2.23. The lowest BCUT2D eigenvalue weighted by Gasteiger charge is -2.34. The van der Waals surface area contributed by atoms with Crippen LogP contribution < -0.4 is 10.6 Å². The molecule has 0 aromatic carbocycles. The average Bonchev–Trinajstić information content (AvgIpc) is 2.13. The van der Waals surface area contributed by atoms with Gasteiger partial charge in [-0.1, -0.05) is 25.5 Å². The molecule has 0 bridgehead atoms. The highest BCUT2D eigenvalue weighted by atomic mass is 16.1.